The number of sulfonamides is 1. The van der Waals surface area contributed by atoms with E-state index < -0.39 is 10.0 Å². The van der Waals surface area contributed by atoms with Gasteiger partial charge in [0.05, 0.1) is 10.6 Å². The van der Waals surface area contributed by atoms with Gasteiger partial charge in [-0.25, -0.2) is 8.42 Å². The van der Waals surface area contributed by atoms with E-state index in [2.05, 4.69) is 4.98 Å². The Hall–Kier alpha value is -2.60. The molecule has 0 saturated carbocycles. The van der Waals surface area contributed by atoms with Crippen LogP contribution in [0, 0.1) is 0 Å². The maximum absolute atomic E-state index is 13.8. The molecular formula is C23H24N2O3S. The third-order valence-electron chi connectivity index (χ3n) is 6.23. The maximum Gasteiger partial charge on any atom is 0.264 e. The molecule has 2 heterocycles. The van der Waals surface area contributed by atoms with E-state index in [1.54, 1.807) is 10.4 Å². The summed E-state index contributed by atoms with van der Waals surface area (Å²) < 4.78 is 29.1. The molecule has 0 spiro atoms. The Balaban J connectivity index is 1.71. The lowest BCUT2D eigenvalue weighted by molar-refractivity contribution is 0.0974. The number of aromatic amines is 1. The lowest BCUT2D eigenvalue weighted by Gasteiger charge is -2.25. The van der Waals surface area contributed by atoms with E-state index in [0.29, 0.717) is 24.2 Å². The predicted molar refractivity (Wildman–Crippen MR) is 114 cm³/mol. The summed E-state index contributed by atoms with van der Waals surface area (Å²) in [7, 11) is -3.72. The molecule has 1 aliphatic heterocycles. The van der Waals surface area contributed by atoms with Gasteiger partial charge in [-0.2, -0.15) is 0 Å². The fourth-order valence-electron chi connectivity index (χ4n) is 4.91. The number of rotatable bonds is 3. The second-order valence-electron chi connectivity index (χ2n) is 8.10. The van der Waals surface area contributed by atoms with Gasteiger partial charge in [0.25, 0.3) is 10.0 Å². The molecule has 5 nitrogen and oxygen atoms in total. The lowest BCUT2D eigenvalue weighted by atomic mass is 9.94. The van der Waals surface area contributed by atoms with Crippen LogP contribution >= 0.6 is 0 Å². The van der Waals surface area contributed by atoms with Crippen LogP contribution < -0.4 is 4.31 Å². The van der Waals surface area contributed by atoms with Crippen molar-refractivity contribution >= 4 is 32.4 Å². The van der Waals surface area contributed by atoms with E-state index in [9.17, 15) is 13.2 Å². The summed E-state index contributed by atoms with van der Waals surface area (Å²) in [5.74, 6) is 0.150. The molecule has 2 aliphatic rings. The van der Waals surface area contributed by atoms with Crippen molar-refractivity contribution in [3.05, 3.63) is 58.8 Å². The zero-order valence-corrected chi connectivity index (χ0v) is 17.5. The number of aromatic nitrogens is 1. The van der Waals surface area contributed by atoms with Crippen LogP contribution in [0.3, 0.4) is 0 Å². The molecule has 2 aromatic carbocycles. The van der Waals surface area contributed by atoms with Crippen molar-refractivity contribution in [2.45, 2.75) is 56.9 Å². The van der Waals surface area contributed by atoms with Crippen LogP contribution in [-0.2, 0) is 29.3 Å². The average molecular weight is 409 g/mol. The van der Waals surface area contributed by atoms with Crippen molar-refractivity contribution in [1.29, 1.82) is 0 Å². The molecule has 6 heteroatoms. The molecule has 0 bridgehead atoms. The van der Waals surface area contributed by atoms with Gasteiger partial charge >= 0.3 is 0 Å². The molecule has 3 aromatic rings. The van der Waals surface area contributed by atoms with E-state index >= 15 is 0 Å². The summed E-state index contributed by atoms with van der Waals surface area (Å²) in [5.41, 5.74) is 5.01. The van der Waals surface area contributed by atoms with Gasteiger partial charge < -0.3 is 4.98 Å². The molecule has 1 N–H and O–H groups in total. The normalized spacial score (nSPS) is 18.9. The minimum Gasteiger partial charge on any atom is -0.358 e. The average Bonchev–Trinajstić information content (AvgIpc) is 3.23. The van der Waals surface area contributed by atoms with Gasteiger partial charge in [0, 0.05) is 34.6 Å². The third kappa shape index (κ3) is 2.65. The van der Waals surface area contributed by atoms with E-state index in [1.807, 2.05) is 44.2 Å². The fourth-order valence-corrected chi connectivity index (χ4v) is 6.90. The zero-order valence-electron chi connectivity index (χ0n) is 16.7. The number of ketones is 1. The summed E-state index contributed by atoms with van der Waals surface area (Å²) in [5, 5.41) is 0.857. The number of benzene rings is 2. The Bertz CT molecular complexity index is 1260. The van der Waals surface area contributed by atoms with Crippen LogP contribution in [0.4, 0.5) is 5.69 Å². The second kappa shape index (κ2) is 6.46. The smallest absolute Gasteiger partial charge is 0.264 e. The summed E-state index contributed by atoms with van der Waals surface area (Å²) in [6.07, 6.45) is 3.53. The monoisotopic (exact) mass is 408 g/mol. The first kappa shape index (κ1) is 18.4. The number of H-pyrrole nitrogens is 1. The standard InChI is InChI=1S/C23H24N2O3S/c1-3-15-12-17-19(24-18-8-6-10-21(26)23(17)18)13-22(15)29(27,28)25-14(2)11-16-7-4-5-9-20(16)25/h4-5,7,9,12-14,24H,3,6,8,10-11H2,1-2H3/t14-/m0/s1. The van der Waals surface area contributed by atoms with Gasteiger partial charge in [-0.05, 0) is 61.9 Å². The maximum atomic E-state index is 13.8. The van der Waals surface area contributed by atoms with E-state index in [-0.39, 0.29) is 11.8 Å². The number of para-hydroxylation sites is 1. The van der Waals surface area contributed by atoms with Crippen LogP contribution in [0.25, 0.3) is 10.9 Å². The number of aryl methyl sites for hydroxylation is 2. The number of fused-ring (bicyclic) bond motifs is 4. The highest BCUT2D eigenvalue weighted by molar-refractivity contribution is 7.93. The van der Waals surface area contributed by atoms with Gasteiger partial charge in [-0.3, -0.25) is 9.10 Å². The number of hydrogen-bond donors (Lipinski definition) is 1. The number of hydrogen-bond acceptors (Lipinski definition) is 3. The summed E-state index contributed by atoms with van der Waals surface area (Å²) in [4.78, 5) is 16.1. The number of nitrogens with one attached hydrogen (secondary N) is 1. The van der Waals surface area contributed by atoms with Crippen molar-refractivity contribution < 1.29 is 13.2 Å². The Morgan fingerprint density at radius 2 is 1.97 bits per heavy atom. The van der Waals surface area contributed by atoms with Gasteiger partial charge in [0.1, 0.15) is 0 Å². The Morgan fingerprint density at radius 1 is 1.17 bits per heavy atom. The highest BCUT2D eigenvalue weighted by Crippen LogP contribution is 2.39. The molecule has 0 radical (unpaired) electrons. The number of carbonyl (C=O) groups is 1. The van der Waals surface area contributed by atoms with Gasteiger partial charge in [-0.1, -0.05) is 25.1 Å². The molecule has 0 saturated heterocycles. The largest absolute Gasteiger partial charge is 0.358 e. The fraction of sp³-hybridized carbons (Fsp3) is 0.348. The van der Waals surface area contributed by atoms with Gasteiger partial charge in [-0.15, -0.1) is 0 Å². The number of carbonyl (C=O) groups excluding carboxylic acids is 1. The first-order chi connectivity index (χ1) is 13.9. The van der Waals surface area contributed by atoms with Crippen LogP contribution in [0.5, 0.6) is 0 Å². The molecule has 0 unspecified atom stereocenters. The van der Waals surface area contributed by atoms with Crippen LogP contribution in [-0.4, -0.2) is 25.2 Å². The van der Waals surface area contributed by atoms with Crippen LogP contribution in [0.15, 0.2) is 41.3 Å². The summed E-state index contributed by atoms with van der Waals surface area (Å²) in [6, 6.07) is 11.2. The highest BCUT2D eigenvalue weighted by Gasteiger charge is 2.37. The zero-order chi connectivity index (χ0) is 20.3. The Morgan fingerprint density at radius 3 is 2.76 bits per heavy atom. The first-order valence-electron chi connectivity index (χ1n) is 10.2. The van der Waals surface area contributed by atoms with Crippen LogP contribution in [0.2, 0.25) is 0 Å². The minimum absolute atomic E-state index is 0.128. The molecule has 1 aromatic heterocycles. The molecule has 1 aliphatic carbocycles. The SMILES string of the molecule is CCc1cc2c3c([nH]c2cc1S(=O)(=O)N1c2ccccc2C[C@@H]1C)CCCC3=O. The van der Waals surface area contributed by atoms with E-state index in [4.69, 9.17) is 0 Å². The van der Waals surface area contributed by atoms with Crippen molar-refractivity contribution in [2.24, 2.45) is 0 Å². The topological polar surface area (TPSA) is 70.2 Å². The highest BCUT2D eigenvalue weighted by atomic mass is 32.2. The molecule has 150 valence electrons. The number of Topliss-reactive ketones (excluding diaryl/α,β-unsaturated/α-hetero) is 1. The molecule has 29 heavy (non-hydrogen) atoms. The van der Waals surface area contributed by atoms with E-state index in [1.165, 1.54) is 0 Å². The first-order valence-corrected chi connectivity index (χ1v) is 11.7. The minimum atomic E-state index is -3.72. The number of anilines is 1. The van der Waals surface area contributed by atoms with Gasteiger partial charge in [0.15, 0.2) is 5.78 Å². The van der Waals surface area contributed by atoms with Crippen molar-refractivity contribution in [3.63, 3.8) is 0 Å². The lowest BCUT2D eigenvalue weighted by Crippen LogP contribution is -2.36. The summed E-state index contributed by atoms with van der Waals surface area (Å²) >= 11 is 0. The molecular weight excluding hydrogens is 384 g/mol. The predicted octanol–water partition coefficient (Wildman–Crippen LogP) is 4.39. The van der Waals surface area contributed by atoms with E-state index in [0.717, 1.165) is 51.8 Å². The molecule has 0 fully saturated rings. The third-order valence-corrected chi connectivity index (χ3v) is 8.24. The molecule has 1 atom stereocenters. The van der Waals surface area contributed by atoms with Crippen LogP contribution in [0.1, 0.15) is 53.9 Å². The number of nitrogens with zero attached hydrogens (tertiary/aromatic N) is 1. The second-order valence-corrected chi connectivity index (χ2v) is 9.88. The molecule has 5 rings (SSSR count). The Labute approximate surface area is 170 Å². The van der Waals surface area contributed by atoms with Crippen molar-refractivity contribution in [1.82, 2.24) is 4.98 Å². The summed E-state index contributed by atoms with van der Waals surface area (Å²) in [6.45, 7) is 3.91. The van der Waals surface area contributed by atoms with Crippen molar-refractivity contribution in [3.8, 4) is 0 Å². The quantitative estimate of drug-likeness (QED) is 0.699. The molecule has 0 amide bonds. The van der Waals surface area contributed by atoms with Crippen molar-refractivity contribution in [2.75, 3.05) is 4.31 Å². The van der Waals surface area contributed by atoms with Gasteiger partial charge in [0.2, 0.25) is 0 Å². The Kier molecular flexibility index (Phi) is 4.10.